The van der Waals surface area contributed by atoms with E-state index in [2.05, 4.69) is 15.4 Å². The van der Waals surface area contributed by atoms with Crippen LogP contribution in [-0.2, 0) is 15.8 Å². The predicted molar refractivity (Wildman–Crippen MR) is 141 cm³/mol. The van der Waals surface area contributed by atoms with Crippen molar-refractivity contribution in [2.24, 2.45) is 0 Å². The molecule has 1 heterocycles. The summed E-state index contributed by atoms with van der Waals surface area (Å²) in [6.07, 6.45) is 3.73. The molecule has 3 aromatic carbocycles. The van der Waals surface area contributed by atoms with Crippen molar-refractivity contribution >= 4 is 41.1 Å². The molecule has 11 heteroatoms. The van der Waals surface area contributed by atoms with Crippen LogP contribution in [0.1, 0.15) is 16.7 Å². The Bertz CT molecular complexity index is 1520. The van der Waals surface area contributed by atoms with E-state index in [0.717, 1.165) is 22.4 Å². The van der Waals surface area contributed by atoms with Gasteiger partial charge in [-0.05, 0) is 60.2 Å². The molecule has 0 spiro atoms. The highest BCUT2D eigenvalue weighted by atomic mass is 35.5. The van der Waals surface area contributed by atoms with Gasteiger partial charge in [0.1, 0.15) is 18.4 Å². The number of ketones is 1. The molecule has 198 valence electrons. The van der Waals surface area contributed by atoms with Gasteiger partial charge >= 0.3 is 6.18 Å². The van der Waals surface area contributed by atoms with E-state index in [9.17, 15) is 22.8 Å². The summed E-state index contributed by atoms with van der Waals surface area (Å²) in [7, 11) is 0. The Morgan fingerprint density at radius 3 is 2.46 bits per heavy atom. The van der Waals surface area contributed by atoms with Crippen molar-refractivity contribution in [3.05, 3.63) is 113 Å². The number of alkyl halides is 3. The third-order valence-electron chi connectivity index (χ3n) is 5.23. The van der Waals surface area contributed by atoms with Gasteiger partial charge in [0.2, 0.25) is 0 Å². The van der Waals surface area contributed by atoms with Gasteiger partial charge in [-0.3, -0.25) is 9.59 Å². The maximum Gasteiger partial charge on any atom is 0.416 e. The Hall–Kier alpha value is -4.70. The van der Waals surface area contributed by atoms with Gasteiger partial charge in [0.05, 0.1) is 11.3 Å². The molecule has 0 bridgehead atoms. The van der Waals surface area contributed by atoms with Crippen LogP contribution in [0.15, 0.2) is 91.5 Å². The van der Waals surface area contributed by atoms with Gasteiger partial charge in [0.15, 0.2) is 12.4 Å². The molecule has 0 aliphatic rings. The molecule has 1 amide bonds. The second-order valence-corrected chi connectivity index (χ2v) is 8.54. The zero-order valence-corrected chi connectivity index (χ0v) is 20.9. The molecule has 39 heavy (non-hydrogen) atoms. The van der Waals surface area contributed by atoms with E-state index in [1.807, 2.05) is 0 Å². The summed E-state index contributed by atoms with van der Waals surface area (Å²) in [6.45, 7) is -0.482. The number of benzene rings is 3. The normalized spacial score (nSPS) is 11.7. The molecular formula is C28H20ClF3N4O3. The van der Waals surface area contributed by atoms with E-state index < -0.39 is 24.3 Å². The second kappa shape index (κ2) is 12.2. The van der Waals surface area contributed by atoms with Gasteiger partial charge in [0, 0.05) is 16.3 Å². The van der Waals surface area contributed by atoms with Crippen LogP contribution in [-0.4, -0.2) is 33.1 Å². The van der Waals surface area contributed by atoms with E-state index >= 15 is 0 Å². The standard InChI is InChI=1S/C28H20ClF3N4O3/c29-22-9-5-19(6-10-22)7-11-25(37)12-8-20-3-1-2-4-26(20)39-16-27(38)35-23-13-21(28(30,31)32)14-24(15-23)36-18-33-17-34-36/h1-15,17-18H,16H2,(H,35,38)/b11-7+,12-8+. The van der Waals surface area contributed by atoms with Crippen LogP contribution in [0, 0.1) is 0 Å². The number of aromatic nitrogens is 3. The fourth-order valence-electron chi connectivity index (χ4n) is 3.39. The molecule has 1 aromatic heterocycles. The van der Waals surface area contributed by atoms with Gasteiger partial charge < -0.3 is 10.1 Å². The van der Waals surface area contributed by atoms with Gasteiger partial charge in [-0.25, -0.2) is 9.67 Å². The predicted octanol–water partition coefficient (Wildman–Crippen LogP) is 6.25. The van der Waals surface area contributed by atoms with Crippen molar-refractivity contribution in [3.8, 4) is 11.4 Å². The molecule has 0 unspecified atom stereocenters. The molecule has 7 nitrogen and oxygen atoms in total. The SMILES string of the molecule is O=C(/C=C/c1ccc(Cl)cc1)/C=C/c1ccccc1OCC(=O)Nc1cc(-n2cncn2)cc(C(F)(F)F)c1. The van der Waals surface area contributed by atoms with Crippen molar-refractivity contribution in [2.75, 3.05) is 11.9 Å². The van der Waals surface area contributed by atoms with Crippen molar-refractivity contribution < 1.29 is 27.5 Å². The number of nitrogens with zero attached hydrogens (tertiary/aromatic N) is 3. The number of para-hydroxylation sites is 1. The molecule has 1 N–H and O–H groups in total. The highest BCUT2D eigenvalue weighted by Gasteiger charge is 2.31. The molecule has 0 radical (unpaired) electrons. The minimum atomic E-state index is -4.64. The molecule has 4 aromatic rings. The number of halogens is 4. The van der Waals surface area contributed by atoms with Gasteiger partial charge in [-0.1, -0.05) is 48.0 Å². The number of hydrogen-bond acceptors (Lipinski definition) is 5. The highest BCUT2D eigenvalue weighted by Crippen LogP contribution is 2.33. The van der Waals surface area contributed by atoms with Crippen molar-refractivity contribution in [1.29, 1.82) is 0 Å². The van der Waals surface area contributed by atoms with Crippen LogP contribution in [0.3, 0.4) is 0 Å². The average molecular weight is 553 g/mol. The average Bonchev–Trinajstić information content (AvgIpc) is 3.45. The lowest BCUT2D eigenvalue weighted by Crippen LogP contribution is -2.21. The molecule has 4 rings (SSSR count). The highest BCUT2D eigenvalue weighted by molar-refractivity contribution is 6.30. The van der Waals surface area contributed by atoms with E-state index in [-0.39, 0.29) is 17.2 Å². The third kappa shape index (κ3) is 7.89. The first kappa shape index (κ1) is 27.3. The number of allylic oxidation sites excluding steroid dienone is 2. The Kier molecular flexibility index (Phi) is 8.57. The number of rotatable bonds is 9. The molecule has 0 atom stereocenters. The van der Waals surface area contributed by atoms with Crippen molar-refractivity contribution in [3.63, 3.8) is 0 Å². The van der Waals surface area contributed by atoms with E-state index in [0.29, 0.717) is 16.3 Å². The minimum Gasteiger partial charge on any atom is -0.483 e. The van der Waals surface area contributed by atoms with Crippen molar-refractivity contribution in [2.45, 2.75) is 6.18 Å². The topological polar surface area (TPSA) is 86.1 Å². The Balaban J connectivity index is 1.41. The summed E-state index contributed by atoms with van der Waals surface area (Å²) in [5.74, 6) is -0.643. The van der Waals surface area contributed by atoms with Gasteiger partial charge in [0.25, 0.3) is 5.91 Å². The number of nitrogens with one attached hydrogen (secondary N) is 1. The number of carbonyl (C=O) groups excluding carboxylic acids is 2. The minimum absolute atomic E-state index is 0.0730. The molecule has 0 aliphatic heterocycles. The largest absolute Gasteiger partial charge is 0.483 e. The zero-order chi connectivity index (χ0) is 27.8. The lowest BCUT2D eigenvalue weighted by molar-refractivity contribution is -0.137. The zero-order valence-electron chi connectivity index (χ0n) is 20.1. The van der Waals surface area contributed by atoms with Crippen LogP contribution in [0.5, 0.6) is 5.75 Å². The van der Waals surface area contributed by atoms with Crippen LogP contribution in [0.4, 0.5) is 18.9 Å². The second-order valence-electron chi connectivity index (χ2n) is 8.10. The summed E-state index contributed by atoms with van der Waals surface area (Å²) in [5, 5.41) is 6.85. The summed E-state index contributed by atoms with van der Waals surface area (Å²) in [4.78, 5) is 28.5. The number of carbonyl (C=O) groups is 2. The maximum absolute atomic E-state index is 13.4. The Morgan fingerprint density at radius 1 is 1.00 bits per heavy atom. The lowest BCUT2D eigenvalue weighted by atomic mass is 10.1. The summed E-state index contributed by atoms with van der Waals surface area (Å²) in [5.41, 5.74) is 0.368. The number of amides is 1. The smallest absolute Gasteiger partial charge is 0.416 e. The molecule has 0 saturated carbocycles. The Labute approximate surface area is 226 Å². The van der Waals surface area contributed by atoms with Crippen LogP contribution in [0.25, 0.3) is 17.8 Å². The lowest BCUT2D eigenvalue weighted by Gasteiger charge is -2.14. The number of anilines is 1. The van der Waals surface area contributed by atoms with Crippen LogP contribution >= 0.6 is 11.6 Å². The summed E-state index contributed by atoms with van der Waals surface area (Å²) >= 11 is 5.86. The number of hydrogen-bond donors (Lipinski definition) is 1. The van der Waals surface area contributed by atoms with Crippen LogP contribution in [0.2, 0.25) is 5.02 Å². The first-order chi connectivity index (χ1) is 18.7. The fraction of sp³-hybridized carbons (Fsp3) is 0.0714. The van der Waals surface area contributed by atoms with E-state index in [1.54, 1.807) is 60.7 Å². The first-order valence-electron chi connectivity index (χ1n) is 11.4. The first-order valence-corrected chi connectivity index (χ1v) is 11.8. The monoisotopic (exact) mass is 552 g/mol. The molecule has 0 saturated heterocycles. The number of ether oxygens (including phenoxy) is 1. The maximum atomic E-state index is 13.4. The van der Waals surface area contributed by atoms with Crippen molar-refractivity contribution in [1.82, 2.24) is 14.8 Å². The quantitative estimate of drug-likeness (QED) is 0.248. The van der Waals surface area contributed by atoms with E-state index in [4.69, 9.17) is 16.3 Å². The molecule has 0 aliphatic carbocycles. The summed E-state index contributed by atoms with van der Waals surface area (Å²) < 4.78 is 46.9. The Morgan fingerprint density at radius 2 is 1.74 bits per heavy atom. The fourth-order valence-corrected chi connectivity index (χ4v) is 3.52. The van der Waals surface area contributed by atoms with Crippen LogP contribution < -0.4 is 10.1 Å². The van der Waals surface area contributed by atoms with Gasteiger partial charge in [-0.2, -0.15) is 18.3 Å². The van der Waals surface area contributed by atoms with Gasteiger partial charge in [-0.15, -0.1) is 0 Å². The van der Waals surface area contributed by atoms with E-state index in [1.165, 1.54) is 30.9 Å². The molecular weight excluding hydrogens is 533 g/mol. The summed E-state index contributed by atoms with van der Waals surface area (Å²) in [6, 6.07) is 16.7. The molecule has 0 fully saturated rings. The third-order valence-corrected chi connectivity index (χ3v) is 5.48.